The molecule has 38 heavy (non-hydrogen) atoms. The van der Waals surface area contributed by atoms with Gasteiger partial charge in [0.2, 0.25) is 5.91 Å². The SMILES string of the molecule is CC(=O)c1cccc(N(C(=O)c2ccco2)[C@@H](C(=O)NC2CCCC2)c2ccc(N3CCOCC3)cc2)c1. The third-order valence-corrected chi connectivity index (χ3v) is 7.27. The second-order valence-electron chi connectivity index (χ2n) is 9.84. The zero-order valence-corrected chi connectivity index (χ0v) is 21.6. The summed E-state index contributed by atoms with van der Waals surface area (Å²) in [6.45, 7) is 4.42. The molecule has 2 aromatic carbocycles. The van der Waals surface area contributed by atoms with Gasteiger partial charge in [0.05, 0.1) is 19.5 Å². The van der Waals surface area contributed by atoms with Crippen LogP contribution in [0.4, 0.5) is 11.4 Å². The number of ether oxygens (including phenoxy) is 1. The molecule has 0 bridgehead atoms. The number of furan rings is 1. The summed E-state index contributed by atoms with van der Waals surface area (Å²) in [5.41, 5.74) is 2.61. The second kappa shape index (κ2) is 11.6. The average Bonchev–Trinajstić information content (AvgIpc) is 3.67. The van der Waals surface area contributed by atoms with E-state index in [2.05, 4.69) is 10.2 Å². The van der Waals surface area contributed by atoms with Crippen molar-refractivity contribution in [3.05, 3.63) is 83.8 Å². The Labute approximate surface area is 222 Å². The normalized spacial score (nSPS) is 16.7. The minimum atomic E-state index is -0.964. The number of hydrogen-bond donors (Lipinski definition) is 1. The smallest absolute Gasteiger partial charge is 0.294 e. The first-order chi connectivity index (χ1) is 18.5. The molecule has 1 aliphatic carbocycles. The first-order valence-electron chi connectivity index (χ1n) is 13.2. The zero-order chi connectivity index (χ0) is 26.5. The molecular weight excluding hydrogens is 482 g/mol. The van der Waals surface area contributed by atoms with Gasteiger partial charge >= 0.3 is 0 Å². The Morgan fingerprint density at radius 3 is 2.37 bits per heavy atom. The van der Waals surface area contributed by atoms with Crippen molar-refractivity contribution >= 4 is 29.0 Å². The Morgan fingerprint density at radius 1 is 0.974 bits per heavy atom. The number of hydrogen-bond acceptors (Lipinski definition) is 6. The monoisotopic (exact) mass is 515 g/mol. The molecule has 1 N–H and O–H groups in total. The largest absolute Gasteiger partial charge is 0.459 e. The van der Waals surface area contributed by atoms with Crippen molar-refractivity contribution in [3.8, 4) is 0 Å². The molecule has 8 heteroatoms. The summed E-state index contributed by atoms with van der Waals surface area (Å²) in [7, 11) is 0. The highest BCUT2D eigenvalue weighted by atomic mass is 16.5. The minimum Gasteiger partial charge on any atom is -0.459 e. The van der Waals surface area contributed by atoms with Gasteiger partial charge in [-0.2, -0.15) is 0 Å². The van der Waals surface area contributed by atoms with E-state index in [1.165, 1.54) is 18.1 Å². The number of amides is 2. The van der Waals surface area contributed by atoms with Crippen molar-refractivity contribution < 1.29 is 23.5 Å². The minimum absolute atomic E-state index is 0.0711. The summed E-state index contributed by atoms with van der Waals surface area (Å²) in [5, 5.41) is 3.19. The van der Waals surface area contributed by atoms with Gasteiger partial charge in [-0.05, 0) is 61.7 Å². The molecule has 2 amide bonds. The molecule has 1 aliphatic heterocycles. The first kappa shape index (κ1) is 25.7. The molecule has 1 saturated carbocycles. The van der Waals surface area contributed by atoms with Crippen LogP contribution in [0.15, 0.2) is 71.3 Å². The van der Waals surface area contributed by atoms with Gasteiger partial charge in [-0.1, -0.05) is 37.1 Å². The van der Waals surface area contributed by atoms with E-state index in [0.717, 1.165) is 44.5 Å². The maximum atomic E-state index is 14.0. The summed E-state index contributed by atoms with van der Waals surface area (Å²) in [4.78, 5) is 43.7. The summed E-state index contributed by atoms with van der Waals surface area (Å²) < 4.78 is 10.9. The lowest BCUT2D eigenvalue weighted by Crippen LogP contribution is -2.46. The quantitative estimate of drug-likeness (QED) is 0.435. The Morgan fingerprint density at radius 2 is 1.71 bits per heavy atom. The Hall–Kier alpha value is -3.91. The van der Waals surface area contributed by atoms with Crippen molar-refractivity contribution in [1.29, 1.82) is 0 Å². The maximum absolute atomic E-state index is 14.0. The molecular formula is C30H33N3O5. The highest BCUT2D eigenvalue weighted by Crippen LogP contribution is 2.32. The summed E-state index contributed by atoms with van der Waals surface area (Å²) in [6.07, 6.45) is 5.40. The fourth-order valence-electron chi connectivity index (χ4n) is 5.23. The number of anilines is 2. The molecule has 1 aromatic heterocycles. The van der Waals surface area contributed by atoms with Gasteiger partial charge in [0.15, 0.2) is 11.5 Å². The number of nitrogens with one attached hydrogen (secondary N) is 1. The summed E-state index contributed by atoms with van der Waals surface area (Å²) in [6, 6.07) is 16.9. The fraction of sp³-hybridized carbons (Fsp3) is 0.367. The Kier molecular flexibility index (Phi) is 7.89. The van der Waals surface area contributed by atoms with E-state index in [1.54, 1.807) is 36.4 Å². The molecule has 2 fully saturated rings. The lowest BCUT2D eigenvalue weighted by Gasteiger charge is -2.33. The second-order valence-corrected chi connectivity index (χ2v) is 9.84. The molecule has 8 nitrogen and oxygen atoms in total. The molecule has 0 radical (unpaired) electrons. The van der Waals surface area contributed by atoms with Crippen molar-refractivity contribution in [3.63, 3.8) is 0 Å². The predicted octanol–water partition coefficient (Wildman–Crippen LogP) is 4.77. The molecule has 2 aliphatic rings. The molecule has 2 heterocycles. The molecule has 1 atom stereocenters. The topological polar surface area (TPSA) is 92.1 Å². The molecule has 0 unspecified atom stereocenters. The van der Waals surface area contributed by atoms with E-state index >= 15 is 0 Å². The van der Waals surface area contributed by atoms with Crippen LogP contribution in [0.2, 0.25) is 0 Å². The van der Waals surface area contributed by atoms with Gasteiger partial charge in [0.1, 0.15) is 6.04 Å². The average molecular weight is 516 g/mol. The maximum Gasteiger partial charge on any atom is 0.294 e. The van der Waals surface area contributed by atoms with Gasteiger partial charge in [0.25, 0.3) is 5.91 Å². The number of benzene rings is 2. The van der Waals surface area contributed by atoms with Crippen LogP contribution in [0.25, 0.3) is 0 Å². The third-order valence-electron chi connectivity index (χ3n) is 7.27. The third kappa shape index (κ3) is 5.65. The number of carbonyl (C=O) groups excluding carboxylic acids is 3. The molecule has 1 saturated heterocycles. The van der Waals surface area contributed by atoms with E-state index in [4.69, 9.17) is 9.15 Å². The fourth-order valence-corrected chi connectivity index (χ4v) is 5.23. The number of Topliss-reactive ketones (excluding diaryl/α,β-unsaturated/α-hetero) is 1. The van der Waals surface area contributed by atoms with Crippen LogP contribution in [0, 0.1) is 0 Å². The van der Waals surface area contributed by atoms with Crippen LogP contribution < -0.4 is 15.1 Å². The lowest BCUT2D eigenvalue weighted by atomic mass is 10.0. The van der Waals surface area contributed by atoms with E-state index in [9.17, 15) is 14.4 Å². The summed E-state index contributed by atoms with van der Waals surface area (Å²) in [5.74, 6) is -0.732. The van der Waals surface area contributed by atoms with Gasteiger partial charge in [-0.25, -0.2) is 0 Å². The number of ketones is 1. The van der Waals surface area contributed by atoms with Crippen molar-refractivity contribution in [2.24, 2.45) is 0 Å². The molecule has 0 spiro atoms. The van der Waals surface area contributed by atoms with E-state index in [0.29, 0.717) is 30.0 Å². The van der Waals surface area contributed by atoms with Gasteiger partial charge in [-0.15, -0.1) is 0 Å². The first-order valence-corrected chi connectivity index (χ1v) is 13.2. The highest BCUT2D eigenvalue weighted by Gasteiger charge is 2.36. The van der Waals surface area contributed by atoms with E-state index in [-0.39, 0.29) is 23.5 Å². The van der Waals surface area contributed by atoms with Crippen LogP contribution >= 0.6 is 0 Å². The van der Waals surface area contributed by atoms with Crippen molar-refractivity contribution in [1.82, 2.24) is 5.32 Å². The van der Waals surface area contributed by atoms with Crippen LogP contribution in [0.3, 0.4) is 0 Å². The molecule has 198 valence electrons. The predicted molar refractivity (Wildman–Crippen MR) is 145 cm³/mol. The molecule has 3 aromatic rings. The number of carbonyl (C=O) groups is 3. The van der Waals surface area contributed by atoms with Gasteiger partial charge < -0.3 is 19.4 Å². The summed E-state index contributed by atoms with van der Waals surface area (Å²) >= 11 is 0. The standard InChI is InChI=1S/C30H33N3O5/c1-21(34)23-6-4-9-26(20-23)33(30(36)27-10-5-17-38-27)28(29(35)31-24-7-2-3-8-24)22-11-13-25(14-12-22)32-15-18-37-19-16-32/h4-6,9-14,17,20,24,28H,2-3,7-8,15-16,18-19H2,1H3,(H,31,35)/t28-/m1/s1. The number of morpholine rings is 1. The Balaban J connectivity index is 1.57. The van der Waals surface area contributed by atoms with E-state index in [1.807, 2.05) is 24.3 Å². The van der Waals surface area contributed by atoms with Crippen LogP contribution in [-0.4, -0.2) is 49.9 Å². The van der Waals surface area contributed by atoms with Gasteiger partial charge in [-0.3, -0.25) is 19.3 Å². The van der Waals surface area contributed by atoms with Crippen molar-refractivity contribution in [2.45, 2.75) is 44.7 Å². The van der Waals surface area contributed by atoms with Crippen molar-refractivity contribution in [2.75, 3.05) is 36.1 Å². The highest BCUT2D eigenvalue weighted by molar-refractivity contribution is 6.09. The zero-order valence-electron chi connectivity index (χ0n) is 21.6. The lowest BCUT2D eigenvalue weighted by molar-refractivity contribution is -0.123. The number of rotatable bonds is 8. The van der Waals surface area contributed by atoms with E-state index < -0.39 is 11.9 Å². The van der Waals surface area contributed by atoms with Gasteiger partial charge in [0, 0.05) is 36.1 Å². The van der Waals surface area contributed by atoms with Crippen LogP contribution in [-0.2, 0) is 9.53 Å². The molecule has 5 rings (SSSR count). The van der Waals surface area contributed by atoms with Crippen LogP contribution in [0.1, 0.15) is 65.1 Å². The number of nitrogens with zero attached hydrogens (tertiary/aromatic N) is 2. The van der Waals surface area contributed by atoms with Crippen LogP contribution in [0.5, 0.6) is 0 Å². The Bertz CT molecular complexity index is 1260.